The molecule has 0 saturated heterocycles. The number of nitrogens with one attached hydrogen (secondary N) is 1. The van der Waals surface area contributed by atoms with Crippen molar-refractivity contribution in [2.24, 2.45) is 11.8 Å². The number of benzene rings is 1. The highest BCUT2D eigenvalue weighted by Gasteiger charge is 2.27. The summed E-state index contributed by atoms with van der Waals surface area (Å²) in [5.41, 5.74) is 2.78. The maximum atomic E-state index is 12.5. The lowest BCUT2D eigenvalue weighted by Gasteiger charge is -2.29. The molecule has 0 bridgehead atoms. The normalized spacial score (nSPS) is 17.5. The molecule has 1 heterocycles. The first-order valence-corrected chi connectivity index (χ1v) is 9.43. The molecule has 1 aliphatic carbocycles. The summed E-state index contributed by atoms with van der Waals surface area (Å²) < 4.78 is 2.16. The Kier molecular flexibility index (Phi) is 5.13. The third-order valence-electron chi connectivity index (χ3n) is 5.57. The minimum Gasteiger partial charge on any atom is -0.388 e. The molecule has 5 nitrogen and oxygen atoms in total. The summed E-state index contributed by atoms with van der Waals surface area (Å²) in [7, 11) is 0. The topological polar surface area (TPSA) is 67.2 Å². The van der Waals surface area contributed by atoms with Crippen LogP contribution >= 0.6 is 0 Å². The first-order chi connectivity index (χ1) is 11.9. The zero-order valence-electron chi connectivity index (χ0n) is 15.6. The van der Waals surface area contributed by atoms with Gasteiger partial charge in [0.25, 0.3) is 0 Å². The number of carbonyl (C=O) groups is 1. The van der Waals surface area contributed by atoms with Crippen LogP contribution in [0.2, 0.25) is 0 Å². The number of hydrogen-bond acceptors (Lipinski definition) is 3. The van der Waals surface area contributed by atoms with Crippen LogP contribution in [0.15, 0.2) is 18.2 Å². The largest absolute Gasteiger partial charge is 0.388 e. The van der Waals surface area contributed by atoms with Gasteiger partial charge in [0.1, 0.15) is 0 Å². The maximum absolute atomic E-state index is 12.5. The van der Waals surface area contributed by atoms with Crippen LogP contribution in [0, 0.1) is 11.8 Å². The summed E-state index contributed by atoms with van der Waals surface area (Å²) in [6.07, 6.45) is 3.63. The lowest BCUT2D eigenvalue weighted by atomic mass is 9.92. The predicted octanol–water partition coefficient (Wildman–Crippen LogP) is 4.44. The van der Waals surface area contributed by atoms with E-state index in [1.165, 1.54) is 6.42 Å². The van der Waals surface area contributed by atoms with Crippen molar-refractivity contribution in [1.82, 2.24) is 9.55 Å². The molecule has 25 heavy (non-hydrogen) atoms. The summed E-state index contributed by atoms with van der Waals surface area (Å²) >= 11 is 0. The third kappa shape index (κ3) is 3.43. The molecule has 3 rings (SSSR count). The van der Waals surface area contributed by atoms with Gasteiger partial charge in [-0.3, -0.25) is 10.1 Å². The number of fused-ring (bicyclic) bond motifs is 1. The molecular formula is C20H29N3O2. The van der Waals surface area contributed by atoms with E-state index in [4.69, 9.17) is 0 Å². The van der Waals surface area contributed by atoms with E-state index in [1.54, 1.807) is 0 Å². The number of amides is 1. The Morgan fingerprint density at radius 3 is 2.64 bits per heavy atom. The number of aliphatic hydroxyl groups excluding tert-OH is 1. The molecule has 0 radical (unpaired) electrons. The quantitative estimate of drug-likeness (QED) is 0.815. The van der Waals surface area contributed by atoms with Crippen LogP contribution in [0.5, 0.6) is 0 Å². The first kappa shape index (κ1) is 17.9. The van der Waals surface area contributed by atoms with Crippen LogP contribution in [0.1, 0.15) is 71.1 Å². The van der Waals surface area contributed by atoms with E-state index in [0.717, 1.165) is 29.4 Å². The Bertz CT molecular complexity index is 762. The van der Waals surface area contributed by atoms with Crippen molar-refractivity contribution in [2.75, 3.05) is 5.32 Å². The van der Waals surface area contributed by atoms with E-state index in [-0.39, 0.29) is 17.7 Å². The smallest absolute Gasteiger partial charge is 0.229 e. The third-order valence-corrected chi connectivity index (χ3v) is 5.57. The minimum absolute atomic E-state index is 0.0136. The second kappa shape index (κ2) is 7.16. The van der Waals surface area contributed by atoms with Crippen LogP contribution in [0.3, 0.4) is 0 Å². The van der Waals surface area contributed by atoms with Gasteiger partial charge in [0, 0.05) is 12.0 Å². The van der Waals surface area contributed by atoms with E-state index in [2.05, 4.69) is 28.7 Å². The average molecular weight is 343 g/mol. The number of hydrogen-bond donors (Lipinski definition) is 2. The van der Waals surface area contributed by atoms with Crippen LogP contribution in [0.4, 0.5) is 5.95 Å². The van der Waals surface area contributed by atoms with Gasteiger partial charge in [0.15, 0.2) is 0 Å². The number of carbonyl (C=O) groups excluding carboxylic acids is 1. The van der Waals surface area contributed by atoms with Crippen molar-refractivity contribution in [3.8, 4) is 0 Å². The van der Waals surface area contributed by atoms with Crippen LogP contribution in [-0.4, -0.2) is 20.6 Å². The van der Waals surface area contributed by atoms with Gasteiger partial charge in [-0.2, -0.15) is 0 Å². The molecule has 2 aromatic rings. The summed E-state index contributed by atoms with van der Waals surface area (Å²) in [5.74, 6) is 0.875. The molecule has 0 aliphatic heterocycles. The molecule has 1 aromatic heterocycles. The second-order valence-corrected chi connectivity index (χ2v) is 7.58. The number of nitrogens with zero attached hydrogens (tertiary/aromatic N) is 2. The van der Waals surface area contributed by atoms with Crippen molar-refractivity contribution in [2.45, 2.75) is 65.5 Å². The van der Waals surface area contributed by atoms with Crippen molar-refractivity contribution < 1.29 is 9.90 Å². The molecule has 1 aliphatic rings. The molecule has 5 heteroatoms. The van der Waals surface area contributed by atoms with Crippen molar-refractivity contribution >= 4 is 22.9 Å². The molecule has 2 atom stereocenters. The van der Waals surface area contributed by atoms with E-state index < -0.39 is 6.10 Å². The molecule has 1 saturated carbocycles. The highest BCUT2D eigenvalue weighted by Crippen LogP contribution is 2.38. The van der Waals surface area contributed by atoms with Gasteiger partial charge in [-0.25, -0.2) is 4.98 Å². The minimum atomic E-state index is -0.465. The van der Waals surface area contributed by atoms with Gasteiger partial charge in [-0.1, -0.05) is 33.8 Å². The summed E-state index contributed by atoms with van der Waals surface area (Å²) in [4.78, 5) is 17.2. The monoisotopic (exact) mass is 343 g/mol. The standard InChI is InChI=1S/C20H29N3O2/c1-5-18(24)14-9-10-16-17(11-14)23(15-7-6-8-15)20(21-16)22-19(25)13(4)12(2)3/h9-13,15,18,24H,5-8H2,1-4H3,(H,21,22,25)/t13-,18?/m0/s1. The lowest BCUT2D eigenvalue weighted by molar-refractivity contribution is -0.120. The summed E-state index contributed by atoms with van der Waals surface area (Å²) in [6, 6.07) is 6.27. The number of anilines is 1. The number of imidazole rings is 1. The molecule has 1 amide bonds. The van der Waals surface area contributed by atoms with Crippen molar-refractivity contribution in [3.05, 3.63) is 23.8 Å². The first-order valence-electron chi connectivity index (χ1n) is 9.43. The molecule has 1 unspecified atom stereocenters. The van der Waals surface area contributed by atoms with Gasteiger partial charge >= 0.3 is 0 Å². The fourth-order valence-corrected chi connectivity index (χ4v) is 3.18. The fourth-order valence-electron chi connectivity index (χ4n) is 3.18. The van der Waals surface area contributed by atoms with Gasteiger partial charge in [0.2, 0.25) is 11.9 Å². The second-order valence-electron chi connectivity index (χ2n) is 7.58. The molecular weight excluding hydrogens is 314 g/mol. The molecule has 1 aromatic carbocycles. The summed E-state index contributed by atoms with van der Waals surface area (Å²) in [5, 5.41) is 13.2. The Hall–Kier alpha value is -1.88. The van der Waals surface area contributed by atoms with Crippen LogP contribution in [0.25, 0.3) is 11.0 Å². The summed E-state index contributed by atoms with van der Waals surface area (Å²) in [6.45, 7) is 8.03. The number of aromatic nitrogens is 2. The highest BCUT2D eigenvalue weighted by atomic mass is 16.3. The maximum Gasteiger partial charge on any atom is 0.229 e. The number of rotatable bonds is 6. The SMILES string of the molecule is CCC(O)c1ccc2nc(NC(=O)[C@@H](C)C(C)C)n(C3CCC3)c2c1. The van der Waals surface area contributed by atoms with Gasteiger partial charge in [-0.15, -0.1) is 0 Å². The molecule has 1 fully saturated rings. The fraction of sp³-hybridized carbons (Fsp3) is 0.600. The Morgan fingerprint density at radius 2 is 2.08 bits per heavy atom. The molecule has 136 valence electrons. The average Bonchev–Trinajstić information content (AvgIpc) is 2.89. The van der Waals surface area contributed by atoms with Gasteiger partial charge < -0.3 is 9.67 Å². The van der Waals surface area contributed by atoms with E-state index >= 15 is 0 Å². The van der Waals surface area contributed by atoms with Gasteiger partial charge in [0.05, 0.1) is 17.1 Å². The van der Waals surface area contributed by atoms with Crippen molar-refractivity contribution in [1.29, 1.82) is 0 Å². The van der Waals surface area contributed by atoms with Crippen molar-refractivity contribution in [3.63, 3.8) is 0 Å². The zero-order valence-corrected chi connectivity index (χ0v) is 15.6. The van der Waals surface area contributed by atoms with Crippen LogP contribution < -0.4 is 5.32 Å². The number of aliphatic hydroxyl groups is 1. The van der Waals surface area contributed by atoms with E-state index in [1.807, 2.05) is 32.0 Å². The van der Waals surface area contributed by atoms with Gasteiger partial charge in [-0.05, 0) is 49.3 Å². The Morgan fingerprint density at radius 1 is 1.36 bits per heavy atom. The molecule has 2 N–H and O–H groups in total. The zero-order chi connectivity index (χ0) is 18.1. The Labute approximate surface area is 149 Å². The molecule has 0 spiro atoms. The lowest BCUT2D eigenvalue weighted by Crippen LogP contribution is -2.27. The van der Waals surface area contributed by atoms with Crippen LogP contribution in [-0.2, 0) is 4.79 Å². The highest BCUT2D eigenvalue weighted by molar-refractivity contribution is 5.93. The van der Waals surface area contributed by atoms with E-state index in [9.17, 15) is 9.90 Å². The van der Waals surface area contributed by atoms with E-state index in [0.29, 0.717) is 18.4 Å². The predicted molar refractivity (Wildman–Crippen MR) is 101 cm³/mol. The Balaban J connectivity index is 2.01.